The molecule has 88 valence electrons. The van der Waals surface area contributed by atoms with Gasteiger partial charge in [-0.25, -0.2) is 0 Å². The number of carbonyl (C=O) groups is 1. The maximum absolute atomic E-state index is 11.8. The van der Waals surface area contributed by atoms with E-state index in [9.17, 15) is 4.79 Å². The lowest BCUT2D eigenvalue weighted by molar-refractivity contribution is 0.0270. The van der Waals surface area contributed by atoms with Gasteiger partial charge in [0.25, 0.3) is 5.91 Å². The van der Waals surface area contributed by atoms with Crippen molar-refractivity contribution in [3.05, 3.63) is 5.82 Å². The van der Waals surface area contributed by atoms with E-state index in [1.54, 1.807) is 0 Å². The third kappa shape index (κ3) is 2.30. The Hall–Kier alpha value is -1.63. The third-order valence-corrected chi connectivity index (χ3v) is 2.57. The molecule has 1 aliphatic rings. The predicted molar refractivity (Wildman–Crippen MR) is 56.7 cm³/mol. The number of hydrogen-bond donors (Lipinski definition) is 3. The molecule has 1 aromatic rings. The second kappa shape index (κ2) is 4.09. The van der Waals surface area contributed by atoms with Gasteiger partial charge in [0.2, 0.25) is 11.8 Å². The molecule has 1 aromatic heterocycles. The number of aromatic amines is 1. The molecule has 0 aromatic carbocycles. The summed E-state index contributed by atoms with van der Waals surface area (Å²) < 4.78 is 5.34. The standard InChI is InChI=1S/C9H15N5O2/c1-9(3-2-4-16-5-9)12-7(15)6-11-8(10)14-13-6/h2-5H2,1H3,(H,12,15)(H3,10,11,13,14). The summed E-state index contributed by atoms with van der Waals surface area (Å²) in [5, 5.41) is 8.95. The number of aromatic nitrogens is 3. The van der Waals surface area contributed by atoms with Gasteiger partial charge in [-0.2, -0.15) is 4.98 Å². The zero-order valence-electron chi connectivity index (χ0n) is 9.12. The van der Waals surface area contributed by atoms with E-state index < -0.39 is 0 Å². The van der Waals surface area contributed by atoms with Crippen LogP contribution in [0.15, 0.2) is 0 Å². The number of anilines is 1. The lowest BCUT2D eigenvalue weighted by Crippen LogP contribution is -2.51. The Labute approximate surface area is 92.8 Å². The molecular formula is C9H15N5O2. The van der Waals surface area contributed by atoms with Gasteiger partial charge in [0.1, 0.15) is 0 Å². The number of H-pyrrole nitrogens is 1. The van der Waals surface area contributed by atoms with Gasteiger partial charge in [-0.1, -0.05) is 0 Å². The van der Waals surface area contributed by atoms with Crippen molar-refractivity contribution in [2.24, 2.45) is 0 Å². The van der Waals surface area contributed by atoms with E-state index in [0.29, 0.717) is 6.61 Å². The van der Waals surface area contributed by atoms with Crippen molar-refractivity contribution >= 4 is 11.9 Å². The van der Waals surface area contributed by atoms with Gasteiger partial charge in [-0.05, 0) is 19.8 Å². The van der Waals surface area contributed by atoms with Gasteiger partial charge in [0, 0.05) is 6.61 Å². The highest BCUT2D eigenvalue weighted by molar-refractivity contribution is 5.91. The zero-order chi connectivity index (χ0) is 11.6. The molecule has 4 N–H and O–H groups in total. The summed E-state index contributed by atoms with van der Waals surface area (Å²) in [5.74, 6) is -0.114. The summed E-state index contributed by atoms with van der Waals surface area (Å²) in [7, 11) is 0. The highest BCUT2D eigenvalue weighted by atomic mass is 16.5. The Balaban J connectivity index is 2.01. The van der Waals surface area contributed by atoms with Gasteiger partial charge >= 0.3 is 0 Å². The number of nitrogens with zero attached hydrogens (tertiary/aromatic N) is 2. The lowest BCUT2D eigenvalue weighted by Gasteiger charge is -2.33. The maximum atomic E-state index is 11.8. The molecule has 16 heavy (non-hydrogen) atoms. The van der Waals surface area contributed by atoms with Crippen LogP contribution in [0.2, 0.25) is 0 Å². The fraction of sp³-hybridized carbons (Fsp3) is 0.667. The van der Waals surface area contributed by atoms with E-state index in [1.807, 2.05) is 6.92 Å². The number of ether oxygens (including phenoxy) is 1. The van der Waals surface area contributed by atoms with Crippen molar-refractivity contribution in [1.29, 1.82) is 0 Å². The molecule has 1 unspecified atom stereocenters. The summed E-state index contributed by atoms with van der Waals surface area (Å²) in [4.78, 5) is 15.5. The van der Waals surface area contributed by atoms with Crippen LogP contribution in [0, 0.1) is 0 Å². The van der Waals surface area contributed by atoms with Crippen molar-refractivity contribution in [2.45, 2.75) is 25.3 Å². The van der Waals surface area contributed by atoms with Gasteiger partial charge < -0.3 is 15.8 Å². The SMILES string of the molecule is CC1(NC(=O)c2nc(N)n[nH]2)CCCOC1. The molecule has 1 atom stereocenters. The number of nitrogens with one attached hydrogen (secondary N) is 2. The predicted octanol–water partition coefficient (Wildman–Crippen LogP) is -0.314. The summed E-state index contributed by atoms with van der Waals surface area (Å²) in [6, 6.07) is 0. The van der Waals surface area contributed by atoms with Crippen molar-refractivity contribution in [3.63, 3.8) is 0 Å². The van der Waals surface area contributed by atoms with E-state index in [1.165, 1.54) is 0 Å². The molecular weight excluding hydrogens is 210 g/mol. The Morgan fingerprint density at radius 2 is 2.50 bits per heavy atom. The van der Waals surface area contributed by atoms with E-state index in [0.717, 1.165) is 19.4 Å². The van der Waals surface area contributed by atoms with Crippen LogP contribution in [-0.2, 0) is 4.74 Å². The minimum absolute atomic E-state index is 0.0650. The van der Waals surface area contributed by atoms with E-state index in [-0.39, 0.29) is 23.2 Å². The molecule has 1 aliphatic heterocycles. The Kier molecular flexibility index (Phi) is 2.78. The van der Waals surface area contributed by atoms with Crippen molar-refractivity contribution in [3.8, 4) is 0 Å². The van der Waals surface area contributed by atoms with Crippen LogP contribution in [0.5, 0.6) is 0 Å². The molecule has 2 rings (SSSR count). The quantitative estimate of drug-likeness (QED) is 0.640. The topological polar surface area (TPSA) is 106 Å². The normalized spacial score (nSPS) is 25.3. The van der Waals surface area contributed by atoms with E-state index in [4.69, 9.17) is 10.5 Å². The van der Waals surface area contributed by atoms with Crippen LogP contribution in [0.3, 0.4) is 0 Å². The average molecular weight is 225 g/mol. The average Bonchev–Trinajstić information content (AvgIpc) is 2.65. The molecule has 1 amide bonds. The summed E-state index contributed by atoms with van der Waals surface area (Å²) >= 11 is 0. The lowest BCUT2D eigenvalue weighted by atomic mass is 9.95. The Bertz CT molecular complexity index is 383. The highest BCUT2D eigenvalue weighted by Gasteiger charge is 2.30. The minimum atomic E-state index is -0.336. The zero-order valence-corrected chi connectivity index (χ0v) is 9.12. The molecule has 0 bridgehead atoms. The Morgan fingerprint density at radius 1 is 1.69 bits per heavy atom. The molecule has 0 spiro atoms. The minimum Gasteiger partial charge on any atom is -0.379 e. The molecule has 0 radical (unpaired) electrons. The van der Waals surface area contributed by atoms with Crippen molar-refractivity contribution in [1.82, 2.24) is 20.5 Å². The largest absolute Gasteiger partial charge is 0.379 e. The first-order chi connectivity index (χ1) is 7.59. The first kappa shape index (κ1) is 10.9. The van der Waals surface area contributed by atoms with Crippen LogP contribution in [0.1, 0.15) is 30.4 Å². The first-order valence-corrected chi connectivity index (χ1v) is 5.17. The number of hydrogen-bond acceptors (Lipinski definition) is 5. The second-order valence-electron chi connectivity index (χ2n) is 4.21. The monoisotopic (exact) mass is 225 g/mol. The molecule has 0 saturated carbocycles. The molecule has 7 heteroatoms. The smallest absolute Gasteiger partial charge is 0.289 e. The third-order valence-electron chi connectivity index (χ3n) is 2.57. The molecule has 7 nitrogen and oxygen atoms in total. The number of amides is 1. The summed E-state index contributed by atoms with van der Waals surface area (Å²) in [6.07, 6.45) is 1.83. The van der Waals surface area contributed by atoms with Crippen molar-refractivity contribution in [2.75, 3.05) is 18.9 Å². The van der Waals surface area contributed by atoms with Gasteiger partial charge in [-0.15, -0.1) is 5.10 Å². The maximum Gasteiger partial charge on any atom is 0.289 e. The highest BCUT2D eigenvalue weighted by Crippen LogP contribution is 2.18. The number of nitrogens with two attached hydrogens (primary N) is 1. The fourth-order valence-corrected chi connectivity index (χ4v) is 1.74. The molecule has 2 heterocycles. The van der Waals surface area contributed by atoms with E-state index >= 15 is 0 Å². The van der Waals surface area contributed by atoms with Gasteiger partial charge in [0.15, 0.2) is 0 Å². The second-order valence-corrected chi connectivity index (χ2v) is 4.21. The van der Waals surface area contributed by atoms with Crippen LogP contribution < -0.4 is 11.1 Å². The molecule has 1 fully saturated rings. The summed E-state index contributed by atoms with van der Waals surface area (Å²) in [6.45, 7) is 3.22. The van der Waals surface area contributed by atoms with Gasteiger partial charge in [-0.3, -0.25) is 9.89 Å². The number of carbonyl (C=O) groups excluding carboxylic acids is 1. The van der Waals surface area contributed by atoms with Crippen LogP contribution >= 0.6 is 0 Å². The first-order valence-electron chi connectivity index (χ1n) is 5.17. The summed E-state index contributed by atoms with van der Waals surface area (Å²) in [5.41, 5.74) is 4.99. The number of nitrogen functional groups attached to an aromatic ring is 1. The van der Waals surface area contributed by atoms with E-state index in [2.05, 4.69) is 20.5 Å². The Morgan fingerprint density at radius 3 is 3.06 bits per heavy atom. The number of rotatable bonds is 2. The molecule has 0 aliphatic carbocycles. The molecule has 1 saturated heterocycles. The fourth-order valence-electron chi connectivity index (χ4n) is 1.74. The van der Waals surface area contributed by atoms with Gasteiger partial charge in [0.05, 0.1) is 12.1 Å². The van der Waals surface area contributed by atoms with Crippen LogP contribution in [0.25, 0.3) is 0 Å². The van der Waals surface area contributed by atoms with Crippen LogP contribution in [0.4, 0.5) is 5.95 Å². The van der Waals surface area contributed by atoms with Crippen LogP contribution in [-0.4, -0.2) is 39.8 Å². The van der Waals surface area contributed by atoms with Crippen molar-refractivity contribution < 1.29 is 9.53 Å².